The Kier molecular flexibility index (Phi) is 6.54. The molecule has 2 N–H and O–H groups in total. The van der Waals surface area contributed by atoms with E-state index in [0.717, 1.165) is 6.42 Å². The van der Waals surface area contributed by atoms with E-state index in [2.05, 4.69) is 10.6 Å². The first-order valence-electron chi connectivity index (χ1n) is 5.87. The third-order valence-electron chi connectivity index (χ3n) is 2.36. The van der Waals surface area contributed by atoms with E-state index < -0.39 is 10.8 Å². The number of rotatable bonds is 6. The average Bonchev–Trinajstić information content (AvgIpc) is 2.43. The highest BCUT2D eigenvalue weighted by molar-refractivity contribution is 7.80. The Labute approximate surface area is 121 Å². The van der Waals surface area contributed by atoms with Gasteiger partial charge in [-0.25, -0.2) is 0 Å². The van der Waals surface area contributed by atoms with Gasteiger partial charge in [-0.05, 0) is 24.7 Å². The minimum atomic E-state index is -0.557. The van der Waals surface area contributed by atoms with Crippen LogP contribution in [-0.4, -0.2) is 36.2 Å². The molecule has 0 fully saturated rings. The summed E-state index contributed by atoms with van der Waals surface area (Å²) in [6.45, 7) is 1.16. The second kappa shape index (κ2) is 8.18. The molecule has 0 heterocycles. The summed E-state index contributed by atoms with van der Waals surface area (Å²) in [4.78, 5) is 21.9. The van der Waals surface area contributed by atoms with Crippen molar-refractivity contribution in [2.24, 2.45) is 0 Å². The number of hydrogen-bond acceptors (Lipinski definition) is 5. The molecule has 0 bridgehead atoms. The summed E-state index contributed by atoms with van der Waals surface area (Å²) in [5.41, 5.74) is 0.0388. The molecule has 1 rings (SSSR count). The topological polar surface area (TPSA) is 93.5 Å². The molecule has 108 valence electrons. The van der Waals surface area contributed by atoms with Crippen LogP contribution in [0.5, 0.6) is 0 Å². The molecule has 0 saturated carbocycles. The fourth-order valence-corrected chi connectivity index (χ4v) is 1.59. The zero-order valence-corrected chi connectivity index (χ0v) is 11.7. The number of nitrogens with one attached hydrogen (secondary N) is 2. The Bertz CT molecular complexity index is 507. The van der Waals surface area contributed by atoms with Gasteiger partial charge >= 0.3 is 0 Å². The van der Waals surface area contributed by atoms with Crippen molar-refractivity contribution >= 4 is 28.9 Å². The van der Waals surface area contributed by atoms with Crippen LogP contribution in [0.3, 0.4) is 0 Å². The fraction of sp³-hybridized carbons (Fsp3) is 0.333. The summed E-state index contributed by atoms with van der Waals surface area (Å²) in [5.74, 6) is -0.488. The minimum Gasteiger partial charge on any atom is -0.385 e. The zero-order valence-electron chi connectivity index (χ0n) is 10.9. The van der Waals surface area contributed by atoms with E-state index >= 15 is 0 Å². The molecule has 0 aliphatic rings. The largest absolute Gasteiger partial charge is 0.385 e. The molecular weight excluding hydrogens is 282 g/mol. The number of carbonyl (C=O) groups excluding carboxylic acids is 1. The summed E-state index contributed by atoms with van der Waals surface area (Å²) in [7, 11) is 1.60. The molecule has 1 aromatic rings. The van der Waals surface area contributed by atoms with Crippen LogP contribution in [0.25, 0.3) is 0 Å². The Morgan fingerprint density at radius 2 is 2.25 bits per heavy atom. The SMILES string of the molecule is COCCCNC(=S)NC(=O)c1cccc([N+](=O)[O-])c1. The predicted molar refractivity (Wildman–Crippen MR) is 77.7 cm³/mol. The monoisotopic (exact) mass is 297 g/mol. The van der Waals surface area contributed by atoms with Gasteiger partial charge in [-0.15, -0.1) is 0 Å². The van der Waals surface area contributed by atoms with E-state index in [4.69, 9.17) is 17.0 Å². The standard InChI is InChI=1S/C12H15N3O4S/c1-19-7-3-6-13-12(20)14-11(16)9-4-2-5-10(8-9)15(17)18/h2,4-5,8H,3,6-7H2,1H3,(H2,13,14,16,20). The third kappa shape index (κ3) is 5.29. The first kappa shape index (κ1) is 16.0. The van der Waals surface area contributed by atoms with Crippen LogP contribution in [0.4, 0.5) is 5.69 Å². The molecule has 8 heteroatoms. The molecular formula is C12H15N3O4S. The van der Waals surface area contributed by atoms with E-state index in [1.165, 1.54) is 24.3 Å². The molecule has 0 unspecified atom stereocenters. The molecule has 0 aliphatic heterocycles. The van der Waals surface area contributed by atoms with Crippen molar-refractivity contribution in [2.45, 2.75) is 6.42 Å². The Morgan fingerprint density at radius 1 is 1.50 bits per heavy atom. The molecule has 0 saturated heterocycles. The number of thiocarbonyl (C=S) groups is 1. The van der Waals surface area contributed by atoms with Crippen LogP contribution in [0.2, 0.25) is 0 Å². The van der Waals surface area contributed by atoms with Gasteiger partial charge in [0.15, 0.2) is 5.11 Å². The second-order valence-corrected chi connectivity index (χ2v) is 4.27. The number of amides is 1. The van der Waals surface area contributed by atoms with Crippen LogP contribution in [0.1, 0.15) is 16.8 Å². The normalized spacial score (nSPS) is 9.85. The number of ether oxygens (including phenoxy) is 1. The first-order valence-corrected chi connectivity index (χ1v) is 6.28. The number of nitrogens with zero attached hydrogens (tertiary/aromatic N) is 1. The van der Waals surface area contributed by atoms with E-state index in [0.29, 0.717) is 13.2 Å². The van der Waals surface area contributed by atoms with E-state index in [9.17, 15) is 14.9 Å². The highest BCUT2D eigenvalue weighted by Gasteiger charge is 2.12. The molecule has 0 radical (unpaired) electrons. The van der Waals surface area contributed by atoms with Crippen molar-refractivity contribution in [2.75, 3.05) is 20.3 Å². The minimum absolute atomic E-state index is 0.142. The maximum atomic E-state index is 11.8. The fourth-order valence-electron chi connectivity index (χ4n) is 1.40. The molecule has 0 atom stereocenters. The molecule has 1 aromatic carbocycles. The Morgan fingerprint density at radius 3 is 2.90 bits per heavy atom. The smallest absolute Gasteiger partial charge is 0.270 e. The molecule has 7 nitrogen and oxygen atoms in total. The number of nitro benzene ring substituents is 1. The van der Waals surface area contributed by atoms with Crippen molar-refractivity contribution in [3.8, 4) is 0 Å². The summed E-state index contributed by atoms with van der Waals surface area (Å²) in [6.07, 6.45) is 0.753. The van der Waals surface area contributed by atoms with Crippen molar-refractivity contribution in [1.29, 1.82) is 0 Å². The van der Waals surface area contributed by atoms with Gasteiger partial charge in [0.2, 0.25) is 0 Å². The summed E-state index contributed by atoms with van der Waals surface area (Å²) < 4.78 is 4.88. The van der Waals surface area contributed by atoms with E-state index in [1.54, 1.807) is 7.11 Å². The lowest BCUT2D eigenvalue weighted by Gasteiger charge is -2.09. The predicted octanol–water partition coefficient (Wildman–Crippen LogP) is 1.24. The summed E-state index contributed by atoms with van der Waals surface area (Å²) in [6, 6.07) is 5.44. The lowest BCUT2D eigenvalue weighted by molar-refractivity contribution is -0.384. The van der Waals surface area contributed by atoms with E-state index in [-0.39, 0.29) is 16.4 Å². The van der Waals surface area contributed by atoms with Gasteiger partial charge in [0.25, 0.3) is 11.6 Å². The quantitative estimate of drug-likeness (QED) is 0.355. The molecule has 0 aromatic heterocycles. The Balaban J connectivity index is 2.51. The number of nitro groups is 1. The van der Waals surface area contributed by atoms with Crippen molar-refractivity contribution in [3.05, 3.63) is 39.9 Å². The van der Waals surface area contributed by atoms with Gasteiger partial charge in [0, 0.05) is 38.0 Å². The summed E-state index contributed by atoms with van der Waals surface area (Å²) >= 11 is 4.95. The number of methoxy groups -OCH3 is 1. The maximum absolute atomic E-state index is 11.8. The molecule has 1 amide bonds. The van der Waals surface area contributed by atoms with Gasteiger partial charge in [0.1, 0.15) is 0 Å². The highest BCUT2D eigenvalue weighted by Crippen LogP contribution is 2.12. The van der Waals surface area contributed by atoms with E-state index in [1.807, 2.05) is 0 Å². The molecule has 0 aliphatic carbocycles. The number of non-ortho nitro benzene ring substituents is 1. The second-order valence-electron chi connectivity index (χ2n) is 3.86. The summed E-state index contributed by atoms with van der Waals surface area (Å²) in [5, 5.41) is 16.1. The van der Waals surface area contributed by atoms with Crippen molar-refractivity contribution in [3.63, 3.8) is 0 Å². The van der Waals surface area contributed by atoms with Crippen LogP contribution in [0.15, 0.2) is 24.3 Å². The van der Waals surface area contributed by atoms with Crippen LogP contribution >= 0.6 is 12.2 Å². The highest BCUT2D eigenvalue weighted by atomic mass is 32.1. The van der Waals surface area contributed by atoms with Gasteiger partial charge in [-0.3, -0.25) is 20.2 Å². The van der Waals surface area contributed by atoms with Crippen molar-refractivity contribution in [1.82, 2.24) is 10.6 Å². The van der Waals surface area contributed by atoms with Crippen LogP contribution in [-0.2, 0) is 4.74 Å². The van der Waals surface area contributed by atoms with Crippen LogP contribution in [0, 0.1) is 10.1 Å². The van der Waals surface area contributed by atoms with Gasteiger partial charge in [-0.1, -0.05) is 6.07 Å². The van der Waals surface area contributed by atoms with Gasteiger partial charge in [0.05, 0.1) is 4.92 Å². The number of benzene rings is 1. The average molecular weight is 297 g/mol. The van der Waals surface area contributed by atoms with Crippen LogP contribution < -0.4 is 10.6 Å². The maximum Gasteiger partial charge on any atom is 0.270 e. The number of hydrogen-bond donors (Lipinski definition) is 2. The first-order chi connectivity index (χ1) is 9.54. The van der Waals surface area contributed by atoms with Gasteiger partial charge in [-0.2, -0.15) is 0 Å². The lowest BCUT2D eigenvalue weighted by atomic mass is 10.2. The van der Waals surface area contributed by atoms with Crippen molar-refractivity contribution < 1.29 is 14.5 Å². The lowest BCUT2D eigenvalue weighted by Crippen LogP contribution is -2.39. The Hall–Kier alpha value is -2.06. The zero-order chi connectivity index (χ0) is 15.0. The third-order valence-corrected chi connectivity index (χ3v) is 2.60. The molecule has 20 heavy (non-hydrogen) atoms. The number of carbonyl (C=O) groups is 1. The molecule has 0 spiro atoms. The van der Waals surface area contributed by atoms with Gasteiger partial charge < -0.3 is 10.1 Å².